The number of hydrogen-bond donors (Lipinski definition) is 1. The van der Waals surface area contributed by atoms with Crippen LogP contribution in [-0.2, 0) is 20.8 Å². The van der Waals surface area contributed by atoms with E-state index in [-0.39, 0.29) is 18.7 Å². The van der Waals surface area contributed by atoms with Gasteiger partial charge in [-0.2, -0.15) is 0 Å². The Hall–Kier alpha value is -2.02. The van der Waals surface area contributed by atoms with Crippen LogP contribution in [-0.4, -0.2) is 27.9 Å². The molecule has 5 nitrogen and oxygen atoms in total. The molecular weight excluding hydrogens is 290 g/mol. The summed E-state index contributed by atoms with van der Waals surface area (Å²) >= 11 is -2.36. The first kappa shape index (κ1) is 15.4. The average Bonchev–Trinajstić information content (AvgIpc) is 2.50. The van der Waals surface area contributed by atoms with Gasteiger partial charge in [-0.25, -0.2) is 9.52 Å². The molecule has 2 rings (SSSR count). The molecule has 21 heavy (non-hydrogen) atoms. The molecule has 110 valence electrons. The number of esters is 1. The zero-order chi connectivity index (χ0) is 15.2. The van der Waals surface area contributed by atoms with Gasteiger partial charge in [0.25, 0.3) is 0 Å². The van der Waals surface area contributed by atoms with Gasteiger partial charge in [-0.3, -0.25) is 4.21 Å². The molecule has 0 aromatic heterocycles. The van der Waals surface area contributed by atoms with Gasteiger partial charge in [-0.15, -0.1) is 0 Å². The number of rotatable bonds is 6. The summed E-state index contributed by atoms with van der Waals surface area (Å²) in [5, 5.41) is 1.92. The Bertz CT molecular complexity index is 694. The molecule has 1 N–H and O–H groups in total. The van der Waals surface area contributed by atoms with Gasteiger partial charge in [0.05, 0.1) is 5.57 Å². The van der Waals surface area contributed by atoms with Crippen LogP contribution < -0.4 is 4.72 Å². The number of hydrogen-bond acceptors (Lipinski definition) is 4. The Morgan fingerprint density at radius 1 is 1.24 bits per heavy atom. The average molecular weight is 304 g/mol. The predicted octanol–water partition coefficient (Wildman–Crippen LogP) is 1.78. The highest BCUT2D eigenvalue weighted by atomic mass is 32.2. The summed E-state index contributed by atoms with van der Waals surface area (Å²) in [5.41, 5.74) is 0.952. The van der Waals surface area contributed by atoms with Gasteiger partial charge in [-0.05, 0) is 16.3 Å². The Morgan fingerprint density at radius 2 is 1.95 bits per heavy atom. The van der Waals surface area contributed by atoms with Crippen molar-refractivity contribution >= 4 is 33.6 Å². The van der Waals surface area contributed by atoms with E-state index in [4.69, 9.17) is 4.74 Å². The van der Waals surface area contributed by atoms with E-state index in [0.29, 0.717) is 5.56 Å². The minimum Gasteiger partial charge on any atom is -0.760 e. The molecule has 0 radical (unpaired) electrons. The molecule has 0 saturated heterocycles. The molecule has 0 amide bonds. The summed E-state index contributed by atoms with van der Waals surface area (Å²) in [7, 11) is 0. The summed E-state index contributed by atoms with van der Waals surface area (Å²) < 4.78 is 27.7. The van der Waals surface area contributed by atoms with E-state index in [1.165, 1.54) is 0 Å². The van der Waals surface area contributed by atoms with Gasteiger partial charge in [0.2, 0.25) is 0 Å². The molecule has 0 spiro atoms. The van der Waals surface area contributed by atoms with Crippen LogP contribution in [0.2, 0.25) is 0 Å². The van der Waals surface area contributed by atoms with Crippen LogP contribution in [0, 0.1) is 0 Å². The van der Waals surface area contributed by atoms with Crippen LogP contribution in [0.3, 0.4) is 0 Å². The summed E-state index contributed by atoms with van der Waals surface area (Å²) in [5.74, 6) is -0.565. The van der Waals surface area contributed by atoms with E-state index in [9.17, 15) is 13.6 Å². The van der Waals surface area contributed by atoms with Crippen molar-refractivity contribution in [3.05, 3.63) is 54.6 Å². The van der Waals surface area contributed by atoms with Crippen molar-refractivity contribution in [2.45, 2.75) is 0 Å². The Balaban J connectivity index is 2.08. The molecule has 0 fully saturated rings. The first-order valence-electron chi connectivity index (χ1n) is 6.26. The lowest BCUT2D eigenvalue weighted by atomic mass is 9.99. The van der Waals surface area contributed by atoms with Gasteiger partial charge >= 0.3 is 5.97 Å². The predicted molar refractivity (Wildman–Crippen MR) is 80.9 cm³/mol. The fourth-order valence-corrected chi connectivity index (χ4v) is 2.20. The second-order valence-electron chi connectivity index (χ2n) is 4.27. The maximum atomic E-state index is 11.9. The lowest BCUT2D eigenvalue weighted by Crippen LogP contribution is -2.23. The highest BCUT2D eigenvalue weighted by Crippen LogP contribution is 2.24. The van der Waals surface area contributed by atoms with E-state index in [1.54, 1.807) is 6.07 Å². The monoisotopic (exact) mass is 304 g/mol. The standard InChI is InChI=1S/C15H15NO4S/c1-11(15(17)20-10-9-16-21(18)19)13-8-4-6-12-5-2-3-7-14(12)13/h2-8,16H,1,9-10H2,(H,18,19)/p-1. The first-order valence-corrected chi connectivity index (χ1v) is 7.34. The molecule has 6 heteroatoms. The fourth-order valence-electron chi connectivity index (χ4n) is 1.95. The van der Waals surface area contributed by atoms with Crippen LogP contribution in [0.15, 0.2) is 49.0 Å². The molecule has 0 aliphatic rings. The third-order valence-electron chi connectivity index (χ3n) is 2.92. The van der Waals surface area contributed by atoms with Gasteiger partial charge in [-0.1, -0.05) is 49.0 Å². The number of benzene rings is 2. The zero-order valence-corrected chi connectivity index (χ0v) is 12.0. The van der Waals surface area contributed by atoms with Crippen LogP contribution in [0.1, 0.15) is 5.56 Å². The van der Waals surface area contributed by atoms with Crippen molar-refractivity contribution in [2.75, 3.05) is 13.2 Å². The highest BCUT2D eigenvalue weighted by molar-refractivity contribution is 7.77. The van der Waals surface area contributed by atoms with Crippen LogP contribution >= 0.6 is 0 Å². The van der Waals surface area contributed by atoms with Gasteiger partial charge in [0.1, 0.15) is 6.61 Å². The minimum atomic E-state index is -2.36. The van der Waals surface area contributed by atoms with E-state index >= 15 is 0 Å². The van der Waals surface area contributed by atoms with Crippen molar-refractivity contribution < 1.29 is 18.3 Å². The zero-order valence-electron chi connectivity index (χ0n) is 11.2. The van der Waals surface area contributed by atoms with E-state index in [2.05, 4.69) is 11.3 Å². The molecule has 0 aliphatic carbocycles. The van der Waals surface area contributed by atoms with Crippen LogP contribution in [0.4, 0.5) is 0 Å². The maximum absolute atomic E-state index is 11.9. The third kappa shape index (κ3) is 3.98. The van der Waals surface area contributed by atoms with Gasteiger partial charge in [0.15, 0.2) is 0 Å². The molecule has 2 aromatic rings. The summed E-state index contributed by atoms with van der Waals surface area (Å²) in [4.78, 5) is 11.9. The highest BCUT2D eigenvalue weighted by Gasteiger charge is 2.13. The molecule has 1 unspecified atom stereocenters. The minimum absolute atomic E-state index is 0.0324. The molecule has 0 bridgehead atoms. The lowest BCUT2D eigenvalue weighted by Gasteiger charge is -2.11. The maximum Gasteiger partial charge on any atom is 0.338 e. The van der Waals surface area contributed by atoms with E-state index in [1.807, 2.05) is 36.4 Å². The normalized spacial score (nSPS) is 12.0. The number of carbonyl (C=O) groups excluding carboxylic acids is 1. The van der Waals surface area contributed by atoms with E-state index < -0.39 is 17.2 Å². The van der Waals surface area contributed by atoms with Crippen molar-refractivity contribution in [3.8, 4) is 0 Å². The molecule has 1 atom stereocenters. The first-order chi connectivity index (χ1) is 10.1. The van der Waals surface area contributed by atoms with Gasteiger partial charge < -0.3 is 9.29 Å². The Labute approximate surface area is 125 Å². The fraction of sp³-hybridized carbons (Fsp3) is 0.133. The largest absolute Gasteiger partial charge is 0.760 e. The van der Waals surface area contributed by atoms with Crippen molar-refractivity contribution in [1.29, 1.82) is 0 Å². The lowest BCUT2D eigenvalue weighted by molar-refractivity contribution is -0.136. The summed E-state index contributed by atoms with van der Waals surface area (Å²) in [6, 6.07) is 13.3. The SMILES string of the molecule is C=C(C(=O)OCCNS(=O)[O-])c1cccc2ccccc12. The molecule has 0 heterocycles. The number of carbonyl (C=O) groups is 1. The molecular formula is C15H14NO4S-. The van der Waals surface area contributed by atoms with Gasteiger partial charge in [0, 0.05) is 17.8 Å². The van der Waals surface area contributed by atoms with E-state index in [0.717, 1.165) is 10.8 Å². The molecule has 0 saturated carbocycles. The van der Waals surface area contributed by atoms with Crippen LogP contribution in [0.5, 0.6) is 0 Å². The quantitative estimate of drug-likeness (QED) is 0.382. The smallest absolute Gasteiger partial charge is 0.338 e. The number of ether oxygens (including phenoxy) is 1. The topological polar surface area (TPSA) is 78.5 Å². The second-order valence-corrected chi connectivity index (χ2v) is 5.03. The summed E-state index contributed by atoms with van der Waals surface area (Å²) in [6.07, 6.45) is 0. The summed E-state index contributed by atoms with van der Waals surface area (Å²) in [6.45, 7) is 3.76. The van der Waals surface area contributed by atoms with Crippen molar-refractivity contribution in [2.24, 2.45) is 0 Å². The van der Waals surface area contributed by atoms with Crippen molar-refractivity contribution in [1.82, 2.24) is 4.72 Å². The molecule has 0 aliphatic heterocycles. The van der Waals surface area contributed by atoms with Crippen LogP contribution in [0.25, 0.3) is 16.3 Å². The molecule has 2 aromatic carbocycles. The Kier molecular flexibility index (Phi) is 5.21. The second kappa shape index (κ2) is 7.12. The number of nitrogens with one attached hydrogen (secondary N) is 1. The number of fused-ring (bicyclic) bond motifs is 1. The van der Waals surface area contributed by atoms with Crippen molar-refractivity contribution in [3.63, 3.8) is 0 Å². The third-order valence-corrected chi connectivity index (χ3v) is 3.36. The Morgan fingerprint density at radius 3 is 2.71 bits per heavy atom.